The normalized spacial score (nSPS) is 17.1. The Labute approximate surface area is 103 Å². The molecule has 0 rings (SSSR count). The molecule has 0 aromatic rings. The fourth-order valence-corrected chi connectivity index (χ4v) is 2.31. The highest BCUT2D eigenvalue weighted by molar-refractivity contribution is 4.67. The first-order valence-electron chi connectivity index (χ1n) is 7.26. The van der Waals surface area contributed by atoms with Gasteiger partial charge in [-0.3, -0.25) is 0 Å². The molecule has 0 spiro atoms. The lowest BCUT2D eigenvalue weighted by Crippen LogP contribution is -2.15. The minimum atomic E-state index is 0.364. The van der Waals surface area contributed by atoms with Gasteiger partial charge in [-0.25, -0.2) is 0 Å². The standard InChI is InChI=1S/C15H32O/c1-5-7-8-9-10-13(3)14(4)11-15(6-2)12-16/h13-16H,5-12H2,1-4H3. The highest BCUT2D eigenvalue weighted by atomic mass is 16.3. The molecule has 0 radical (unpaired) electrons. The molecule has 0 saturated heterocycles. The average molecular weight is 228 g/mol. The largest absolute Gasteiger partial charge is 0.396 e. The molecule has 0 saturated carbocycles. The summed E-state index contributed by atoms with van der Waals surface area (Å²) in [4.78, 5) is 0. The van der Waals surface area contributed by atoms with Gasteiger partial charge >= 0.3 is 0 Å². The topological polar surface area (TPSA) is 20.2 Å². The third-order valence-corrected chi connectivity index (χ3v) is 4.03. The Morgan fingerprint density at radius 3 is 2.12 bits per heavy atom. The van der Waals surface area contributed by atoms with E-state index in [-0.39, 0.29) is 0 Å². The second-order valence-corrected chi connectivity index (χ2v) is 5.50. The third-order valence-electron chi connectivity index (χ3n) is 4.03. The Balaban J connectivity index is 3.67. The van der Waals surface area contributed by atoms with Crippen LogP contribution in [-0.4, -0.2) is 11.7 Å². The Hall–Kier alpha value is -0.0400. The summed E-state index contributed by atoms with van der Waals surface area (Å²) < 4.78 is 0. The summed E-state index contributed by atoms with van der Waals surface area (Å²) in [5.41, 5.74) is 0. The number of aliphatic hydroxyl groups is 1. The molecule has 98 valence electrons. The van der Waals surface area contributed by atoms with Gasteiger partial charge in [0.05, 0.1) is 0 Å². The van der Waals surface area contributed by atoms with Crippen LogP contribution in [0, 0.1) is 17.8 Å². The van der Waals surface area contributed by atoms with Gasteiger partial charge in [0.2, 0.25) is 0 Å². The lowest BCUT2D eigenvalue weighted by atomic mass is 9.83. The third kappa shape index (κ3) is 7.27. The molecule has 0 aromatic carbocycles. The first-order valence-corrected chi connectivity index (χ1v) is 7.26. The van der Waals surface area contributed by atoms with Crippen LogP contribution < -0.4 is 0 Å². The molecule has 0 aromatic heterocycles. The summed E-state index contributed by atoms with van der Waals surface area (Å²) in [5, 5.41) is 9.20. The number of hydrogen-bond donors (Lipinski definition) is 1. The maximum absolute atomic E-state index is 9.20. The molecule has 0 bridgehead atoms. The van der Waals surface area contributed by atoms with Gasteiger partial charge in [0.15, 0.2) is 0 Å². The van der Waals surface area contributed by atoms with E-state index < -0.39 is 0 Å². The van der Waals surface area contributed by atoms with Crippen LogP contribution in [0.3, 0.4) is 0 Å². The van der Waals surface area contributed by atoms with Crippen molar-refractivity contribution < 1.29 is 5.11 Å². The first kappa shape index (κ1) is 16.0. The van der Waals surface area contributed by atoms with Crippen LogP contribution in [0.1, 0.15) is 72.6 Å². The smallest absolute Gasteiger partial charge is 0.0459 e. The van der Waals surface area contributed by atoms with E-state index in [2.05, 4.69) is 27.7 Å². The lowest BCUT2D eigenvalue weighted by Gasteiger charge is -2.23. The molecule has 0 aliphatic rings. The quantitative estimate of drug-likeness (QED) is 0.540. The summed E-state index contributed by atoms with van der Waals surface area (Å²) >= 11 is 0. The maximum atomic E-state index is 9.20. The lowest BCUT2D eigenvalue weighted by molar-refractivity contribution is 0.181. The Morgan fingerprint density at radius 1 is 0.938 bits per heavy atom. The Kier molecular flexibility index (Phi) is 10.1. The van der Waals surface area contributed by atoms with Gasteiger partial charge in [-0.05, 0) is 24.2 Å². The van der Waals surface area contributed by atoms with Crippen LogP contribution in [0.5, 0.6) is 0 Å². The molecule has 1 N–H and O–H groups in total. The van der Waals surface area contributed by atoms with Crippen molar-refractivity contribution in [2.45, 2.75) is 72.6 Å². The van der Waals surface area contributed by atoms with Gasteiger partial charge in [0, 0.05) is 6.61 Å². The molecular weight excluding hydrogens is 196 g/mol. The van der Waals surface area contributed by atoms with Gasteiger partial charge < -0.3 is 5.11 Å². The van der Waals surface area contributed by atoms with E-state index in [1.165, 1.54) is 38.5 Å². The summed E-state index contributed by atoms with van der Waals surface area (Å²) in [6.45, 7) is 9.53. The van der Waals surface area contributed by atoms with Crippen LogP contribution in [-0.2, 0) is 0 Å². The summed E-state index contributed by atoms with van der Waals surface area (Å²) in [5.74, 6) is 2.10. The second kappa shape index (κ2) is 10.1. The number of aliphatic hydroxyl groups excluding tert-OH is 1. The van der Waals surface area contributed by atoms with Crippen LogP contribution >= 0.6 is 0 Å². The highest BCUT2D eigenvalue weighted by Crippen LogP contribution is 2.25. The SMILES string of the molecule is CCCCCCC(C)C(C)CC(CC)CO. The maximum Gasteiger partial charge on any atom is 0.0459 e. The number of rotatable bonds is 10. The molecule has 0 fully saturated rings. The average Bonchev–Trinajstić information content (AvgIpc) is 2.30. The molecule has 1 nitrogen and oxygen atoms in total. The van der Waals surface area contributed by atoms with E-state index >= 15 is 0 Å². The summed E-state index contributed by atoms with van der Waals surface area (Å²) in [7, 11) is 0. The van der Waals surface area contributed by atoms with E-state index in [0.717, 1.165) is 18.3 Å². The van der Waals surface area contributed by atoms with E-state index in [9.17, 15) is 5.11 Å². The van der Waals surface area contributed by atoms with E-state index in [4.69, 9.17) is 0 Å². The Bertz CT molecular complexity index is 140. The molecule has 3 atom stereocenters. The van der Waals surface area contributed by atoms with Gasteiger partial charge in [-0.1, -0.05) is 66.2 Å². The summed E-state index contributed by atoms with van der Waals surface area (Å²) in [6, 6.07) is 0. The van der Waals surface area contributed by atoms with Crippen molar-refractivity contribution in [3.05, 3.63) is 0 Å². The zero-order valence-electron chi connectivity index (χ0n) is 11.8. The predicted molar refractivity (Wildman–Crippen MR) is 72.6 cm³/mol. The Morgan fingerprint density at radius 2 is 1.62 bits per heavy atom. The van der Waals surface area contributed by atoms with Gasteiger partial charge in [0.25, 0.3) is 0 Å². The molecular formula is C15H32O. The number of unbranched alkanes of at least 4 members (excludes halogenated alkanes) is 3. The van der Waals surface area contributed by atoms with Crippen LogP contribution in [0.25, 0.3) is 0 Å². The predicted octanol–water partition coefficient (Wildman–Crippen LogP) is 4.64. The minimum absolute atomic E-state index is 0.364. The minimum Gasteiger partial charge on any atom is -0.396 e. The van der Waals surface area contributed by atoms with Crippen molar-refractivity contribution in [2.75, 3.05) is 6.61 Å². The van der Waals surface area contributed by atoms with E-state index in [0.29, 0.717) is 12.5 Å². The fraction of sp³-hybridized carbons (Fsp3) is 1.00. The molecule has 0 aliphatic heterocycles. The molecule has 0 heterocycles. The highest BCUT2D eigenvalue weighted by Gasteiger charge is 2.16. The van der Waals surface area contributed by atoms with Gasteiger partial charge in [0.1, 0.15) is 0 Å². The zero-order valence-corrected chi connectivity index (χ0v) is 11.8. The first-order chi connectivity index (χ1) is 7.65. The fourth-order valence-electron chi connectivity index (χ4n) is 2.31. The van der Waals surface area contributed by atoms with Crippen molar-refractivity contribution in [2.24, 2.45) is 17.8 Å². The van der Waals surface area contributed by atoms with Crippen molar-refractivity contribution >= 4 is 0 Å². The van der Waals surface area contributed by atoms with Gasteiger partial charge in [-0.2, -0.15) is 0 Å². The van der Waals surface area contributed by atoms with E-state index in [1.54, 1.807) is 0 Å². The van der Waals surface area contributed by atoms with Crippen LogP contribution in [0.2, 0.25) is 0 Å². The zero-order chi connectivity index (χ0) is 12.4. The number of hydrogen-bond acceptors (Lipinski definition) is 1. The van der Waals surface area contributed by atoms with Crippen molar-refractivity contribution in [3.63, 3.8) is 0 Å². The molecule has 0 amide bonds. The summed E-state index contributed by atoms with van der Waals surface area (Å²) in [6.07, 6.45) is 9.16. The van der Waals surface area contributed by atoms with Crippen LogP contribution in [0.4, 0.5) is 0 Å². The van der Waals surface area contributed by atoms with Crippen LogP contribution in [0.15, 0.2) is 0 Å². The molecule has 16 heavy (non-hydrogen) atoms. The van der Waals surface area contributed by atoms with Gasteiger partial charge in [-0.15, -0.1) is 0 Å². The molecule has 0 aliphatic carbocycles. The van der Waals surface area contributed by atoms with Crippen molar-refractivity contribution in [1.82, 2.24) is 0 Å². The molecule has 1 heteroatoms. The monoisotopic (exact) mass is 228 g/mol. The van der Waals surface area contributed by atoms with Crippen molar-refractivity contribution in [3.8, 4) is 0 Å². The van der Waals surface area contributed by atoms with Crippen molar-refractivity contribution in [1.29, 1.82) is 0 Å². The second-order valence-electron chi connectivity index (χ2n) is 5.50. The van der Waals surface area contributed by atoms with E-state index in [1.807, 2.05) is 0 Å². The molecule has 3 unspecified atom stereocenters.